The second-order valence-electron chi connectivity index (χ2n) is 6.88. The van der Waals surface area contributed by atoms with Crippen molar-refractivity contribution < 1.29 is 9.50 Å². The highest BCUT2D eigenvalue weighted by Gasteiger charge is 2.24. The zero-order valence-electron chi connectivity index (χ0n) is 14.0. The molecule has 122 valence electrons. The molecule has 0 unspecified atom stereocenters. The van der Waals surface area contributed by atoms with Crippen molar-refractivity contribution in [3.8, 4) is 28.1 Å². The standard InChI is InChI=1S/C21H20FNO/c1-21(2,3)20-19(24)17(14-9-11-16(22)12-10-14)13-18(23-20)15-7-5-4-6-8-15/h4-13,24H,1-3H3. The molecule has 0 atom stereocenters. The smallest absolute Gasteiger partial charge is 0.145 e. The van der Waals surface area contributed by atoms with Gasteiger partial charge in [-0.15, -0.1) is 0 Å². The first-order valence-electron chi connectivity index (χ1n) is 7.92. The molecule has 0 fully saturated rings. The summed E-state index contributed by atoms with van der Waals surface area (Å²) in [7, 11) is 0. The maximum atomic E-state index is 13.2. The van der Waals surface area contributed by atoms with E-state index in [1.807, 2.05) is 57.2 Å². The van der Waals surface area contributed by atoms with Gasteiger partial charge in [0.1, 0.15) is 11.6 Å². The van der Waals surface area contributed by atoms with Crippen molar-refractivity contribution >= 4 is 0 Å². The highest BCUT2D eigenvalue weighted by Crippen LogP contribution is 2.39. The van der Waals surface area contributed by atoms with Crippen LogP contribution in [0, 0.1) is 5.82 Å². The fraction of sp³-hybridized carbons (Fsp3) is 0.190. The van der Waals surface area contributed by atoms with Gasteiger partial charge < -0.3 is 5.11 Å². The minimum atomic E-state index is -0.316. The molecule has 24 heavy (non-hydrogen) atoms. The van der Waals surface area contributed by atoms with E-state index in [0.717, 1.165) is 16.8 Å². The lowest BCUT2D eigenvalue weighted by Gasteiger charge is -2.22. The second-order valence-corrected chi connectivity index (χ2v) is 6.88. The lowest BCUT2D eigenvalue weighted by Crippen LogP contribution is -2.14. The first-order valence-corrected chi connectivity index (χ1v) is 7.92. The van der Waals surface area contributed by atoms with E-state index in [-0.39, 0.29) is 17.0 Å². The summed E-state index contributed by atoms with van der Waals surface area (Å²) in [6.07, 6.45) is 0. The van der Waals surface area contributed by atoms with Gasteiger partial charge in [0.25, 0.3) is 0 Å². The van der Waals surface area contributed by atoms with E-state index in [0.29, 0.717) is 11.3 Å². The maximum absolute atomic E-state index is 13.2. The van der Waals surface area contributed by atoms with E-state index in [2.05, 4.69) is 0 Å². The van der Waals surface area contributed by atoms with Crippen LogP contribution in [0.3, 0.4) is 0 Å². The second kappa shape index (κ2) is 6.08. The van der Waals surface area contributed by atoms with Crippen molar-refractivity contribution in [3.05, 3.63) is 72.2 Å². The summed E-state index contributed by atoms with van der Waals surface area (Å²) in [5, 5.41) is 10.8. The first kappa shape index (κ1) is 16.2. The molecule has 2 aromatic carbocycles. The SMILES string of the molecule is CC(C)(C)c1nc(-c2ccccc2)cc(-c2ccc(F)cc2)c1O. The van der Waals surface area contributed by atoms with Crippen molar-refractivity contribution in [2.75, 3.05) is 0 Å². The molecule has 0 aliphatic rings. The van der Waals surface area contributed by atoms with E-state index in [4.69, 9.17) is 4.98 Å². The number of halogens is 1. The zero-order valence-corrected chi connectivity index (χ0v) is 14.0. The lowest BCUT2D eigenvalue weighted by molar-refractivity contribution is 0.440. The van der Waals surface area contributed by atoms with Crippen LogP contribution in [0.2, 0.25) is 0 Å². The summed E-state index contributed by atoms with van der Waals surface area (Å²) < 4.78 is 13.2. The number of aromatic nitrogens is 1. The summed E-state index contributed by atoms with van der Waals surface area (Å²) in [5.74, 6) is -0.152. The molecule has 2 nitrogen and oxygen atoms in total. The summed E-state index contributed by atoms with van der Waals surface area (Å²) in [4.78, 5) is 4.69. The number of rotatable bonds is 2. The van der Waals surface area contributed by atoms with E-state index < -0.39 is 0 Å². The molecule has 1 N–H and O–H groups in total. The van der Waals surface area contributed by atoms with Crippen LogP contribution in [0.1, 0.15) is 26.5 Å². The van der Waals surface area contributed by atoms with E-state index >= 15 is 0 Å². The monoisotopic (exact) mass is 321 g/mol. The fourth-order valence-electron chi connectivity index (χ4n) is 2.67. The van der Waals surface area contributed by atoms with E-state index in [1.165, 1.54) is 12.1 Å². The molecule has 0 aliphatic carbocycles. The number of benzene rings is 2. The van der Waals surface area contributed by atoms with Gasteiger partial charge in [0.15, 0.2) is 0 Å². The Morgan fingerprint density at radius 3 is 2.08 bits per heavy atom. The molecule has 0 radical (unpaired) electrons. The predicted molar refractivity (Wildman–Crippen MR) is 95.4 cm³/mol. The minimum Gasteiger partial charge on any atom is -0.505 e. The van der Waals surface area contributed by atoms with Crippen LogP contribution in [-0.2, 0) is 5.41 Å². The Morgan fingerprint density at radius 1 is 0.875 bits per heavy atom. The quantitative estimate of drug-likeness (QED) is 0.670. The van der Waals surface area contributed by atoms with Gasteiger partial charge in [-0.2, -0.15) is 0 Å². The highest BCUT2D eigenvalue weighted by molar-refractivity contribution is 5.76. The van der Waals surface area contributed by atoms with Crippen LogP contribution < -0.4 is 0 Å². The van der Waals surface area contributed by atoms with Gasteiger partial charge in [0.2, 0.25) is 0 Å². The maximum Gasteiger partial charge on any atom is 0.145 e. The number of pyridine rings is 1. The van der Waals surface area contributed by atoms with Gasteiger partial charge in [0.05, 0.1) is 11.4 Å². The molecular formula is C21H20FNO. The summed E-state index contributed by atoms with van der Waals surface area (Å²) >= 11 is 0. The highest BCUT2D eigenvalue weighted by atomic mass is 19.1. The number of aromatic hydroxyl groups is 1. The van der Waals surface area contributed by atoms with Crippen molar-refractivity contribution in [1.29, 1.82) is 0 Å². The van der Waals surface area contributed by atoms with Crippen LogP contribution >= 0.6 is 0 Å². The van der Waals surface area contributed by atoms with Crippen molar-refractivity contribution in [2.24, 2.45) is 0 Å². The zero-order chi connectivity index (χ0) is 17.3. The average molecular weight is 321 g/mol. The Kier molecular flexibility index (Phi) is 4.10. The molecule has 3 heteroatoms. The van der Waals surface area contributed by atoms with E-state index in [1.54, 1.807) is 12.1 Å². The number of hydrogen-bond donors (Lipinski definition) is 1. The minimum absolute atomic E-state index is 0.147. The van der Waals surface area contributed by atoms with Gasteiger partial charge in [0, 0.05) is 16.5 Å². The van der Waals surface area contributed by atoms with Crippen molar-refractivity contribution in [1.82, 2.24) is 4.98 Å². The molecule has 0 amide bonds. The Bertz CT molecular complexity index is 850. The Labute approximate surface area is 141 Å². The molecule has 3 aromatic rings. The molecule has 0 spiro atoms. The average Bonchev–Trinajstić information content (AvgIpc) is 2.56. The first-order chi connectivity index (χ1) is 11.4. The van der Waals surface area contributed by atoms with E-state index in [9.17, 15) is 9.50 Å². The van der Waals surface area contributed by atoms with Crippen LogP contribution in [0.15, 0.2) is 60.7 Å². The summed E-state index contributed by atoms with van der Waals surface area (Å²) in [6, 6.07) is 17.8. The van der Waals surface area contributed by atoms with Gasteiger partial charge in [-0.1, -0.05) is 63.2 Å². The molecule has 0 bridgehead atoms. The molecule has 0 saturated heterocycles. The fourth-order valence-corrected chi connectivity index (χ4v) is 2.67. The van der Waals surface area contributed by atoms with Gasteiger partial charge in [-0.25, -0.2) is 9.37 Å². The van der Waals surface area contributed by atoms with Gasteiger partial charge in [-0.05, 0) is 23.8 Å². The van der Waals surface area contributed by atoms with Gasteiger partial charge in [-0.3, -0.25) is 0 Å². The number of hydrogen-bond acceptors (Lipinski definition) is 2. The molecule has 0 aliphatic heterocycles. The molecule has 3 rings (SSSR count). The van der Waals surface area contributed by atoms with Crippen molar-refractivity contribution in [3.63, 3.8) is 0 Å². The third-order valence-corrected chi connectivity index (χ3v) is 3.93. The third kappa shape index (κ3) is 3.16. The normalized spacial score (nSPS) is 11.5. The summed E-state index contributed by atoms with van der Waals surface area (Å²) in [6.45, 7) is 6.04. The molecule has 1 aromatic heterocycles. The van der Waals surface area contributed by atoms with Crippen LogP contribution in [-0.4, -0.2) is 10.1 Å². The third-order valence-electron chi connectivity index (χ3n) is 3.93. The summed E-state index contributed by atoms with van der Waals surface area (Å²) in [5.41, 5.74) is 3.50. The predicted octanol–water partition coefficient (Wildman–Crippen LogP) is 5.56. The molecule has 1 heterocycles. The van der Waals surface area contributed by atoms with Crippen LogP contribution in [0.5, 0.6) is 5.75 Å². The Balaban J connectivity index is 2.26. The van der Waals surface area contributed by atoms with Gasteiger partial charge >= 0.3 is 0 Å². The molecular weight excluding hydrogens is 301 g/mol. The number of nitrogens with zero attached hydrogens (tertiary/aromatic N) is 1. The lowest BCUT2D eigenvalue weighted by atomic mass is 9.88. The van der Waals surface area contributed by atoms with Crippen LogP contribution in [0.25, 0.3) is 22.4 Å². The topological polar surface area (TPSA) is 33.1 Å². The van der Waals surface area contributed by atoms with Crippen molar-refractivity contribution in [2.45, 2.75) is 26.2 Å². The van der Waals surface area contributed by atoms with Crippen LogP contribution in [0.4, 0.5) is 4.39 Å². The largest absolute Gasteiger partial charge is 0.505 e. The Morgan fingerprint density at radius 2 is 1.50 bits per heavy atom. The molecule has 0 saturated carbocycles. The Hall–Kier alpha value is -2.68.